The highest BCUT2D eigenvalue weighted by Gasteiger charge is 2.22. The minimum Gasteiger partial charge on any atom is -0.493 e. The molecule has 1 aliphatic heterocycles. The van der Waals surface area contributed by atoms with Gasteiger partial charge in [0.25, 0.3) is 0 Å². The van der Waals surface area contributed by atoms with Crippen molar-refractivity contribution in [3.05, 3.63) is 48.3 Å². The summed E-state index contributed by atoms with van der Waals surface area (Å²) in [5.74, 6) is 2.03. The second-order valence-corrected chi connectivity index (χ2v) is 7.07. The molecule has 3 heterocycles. The number of nitrogen functional groups attached to an aromatic ring is 1. The number of nitrogens with zero attached hydrogens (tertiary/aromatic N) is 5. The lowest BCUT2D eigenvalue weighted by molar-refractivity contribution is -0.126. The predicted octanol–water partition coefficient (Wildman–Crippen LogP) is 1.99. The predicted molar refractivity (Wildman–Crippen MR) is 119 cm³/mol. The van der Waals surface area contributed by atoms with E-state index in [4.69, 9.17) is 15.2 Å². The minimum atomic E-state index is -0.0284. The van der Waals surface area contributed by atoms with Crippen LogP contribution in [-0.4, -0.2) is 66.2 Å². The highest BCUT2D eigenvalue weighted by atomic mass is 16.5. The van der Waals surface area contributed by atoms with Gasteiger partial charge >= 0.3 is 0 Å². The maximum atomic E-state index is 12.5. The van der Waals surface area contributed by atoms with Crippen LogP contribution in [0.3, 0.4) is 0 Å². The van der Waals surface area contributed by atoms with Gasteiger partial charge in [0.1, 0.15) is 5.82 Å². The van der Waals surface area contributed by atoms with Crippen molar-refractivity contribution in [3.8, 4) is 11.5 Å². The largest absolute Gasteiger partial charge is 0.493 e. The first-order chi connectivity index (χ1) is 15.1. The smallest absolute Gasteiger partial charge is 0.246 e. The number of piperazine rings is 1. The number of carbonyl (C=O) groups is 1. The first-order valence-electron chi connectivity index (χ1n) is 9.90. The van der Waals surface area contributed by atoms with E-state index in [1.54, 1.807) is 50.9 Å². The Balaban J connectivity index is 1.47. The standard InChI is InChI=1S/C22H24N6O3/c1-30-18-12-16-17(13-19(18)31-2)25-22(26-21(16)23)28-10-8-27(9-11-28)20(29)6-5-15-4-3-7-24-14-15/h3-7,12-14H,8-11H2,1-2H3,(H2,23,25,26)/b6-5+. The Hall–Kier alpha value is -3.88. The van der Waals surface area contributed by atoms with Crippen LogP contribution in [0.5, 0.6) is 11.5 Å². The fourth-order valence-corrected chi connectivity index (χ4v) is 3.48. The monoisotopic (exact) mass is 420 g/mol. The van der Waals surface area contributed by atoms with Crippen LogP contribution in [0.4, 0.5) is 11.8 Å². The number of methoxy groups -OCH3 is 2. The number of nitrogens with two attached hydrogens (primary N) is 1. The zero-order chi connectivity index (χ0) is 21.8. The van der Waals surface area contributed by atoms with Crippen molar-refractivity contribution in [1.82, 2.24) is 19.9 Å². The van der Waals surface area contributed by atoms with E-state index >= 15 is 0 Å². The second-order valence-electron chi connectivity index (χ2n) is 7.07. The van der Waals surface area contributed by atoms with Crippen LogP contribution in [0.2, 0.25) is 0 Å². The molecule has 1 saturated heterocycles. The molecule has 160 valence electrons. The lowest BCUT2D eigenvalue weighted by atomic mass is 10.2. The van der Waals surface area contributed by atoms with Crippen LogP contribution >= 0.6 is 0 Å². The van der Waals surface area contributed by atoms with Gasteiger partial charge < -0.3 is 25.0 Å². The molecule has 2 N–H and O–H groups in total. The lowest BCUT2D eigenvalue weighted by Gasteiger charge is -2.34. The molecule has 1 aromatic carbocycles. The van der Waals surface area contributed by atoms with Crippen molar-refractivity contribution in [2.75, 3.05) is 51.0 Å². The van der Waals surface area contributed by atoms with Crippen molar-refractivity contribution >= 4 is 34.7 Å². The van der Waals surface area contributed by atoms with Crippen LogP contribution in [-0.2, 0) is 4.79 Å². The third-order valence-electron chi connectivity index (χ3n) is 5.20. The first kappa shape index (κ1) is 20.4. The number of hydrogen-bond acceptors (Lipinski definition) is 8. The molecule has 0 unspecified atom stereocenters. The van der Waals surface area contributed by atoms with Gasteiger partial charge in [-0.3, -0.25) is 9.78 Å². The molecule has 1 amide bonds. The van der Waals surface area contributed by atoms with Crippen LogP contribution in [0.25, 0.3) is 17.0 Å². The van der Waals surface area contributed by atoms with Gasteiger partial charge in [-0.25, -0.2) is 4.98 Å². The van der Waals surface area contributed by atoms with E-state index in [1.807, 2.05) is 21.9 Å². The third-order valence-corrected chi connectivity index (χ3v) is 5.20. The zero-order valence-corrected chi connectivity index (χ0v) is 17.5. The minimum absolute atomic E-state index is 0.0284. The van der Waals surface area contributed by atoms with Crippen molar-refractivity contribution in [1.29, 1.82) is 0 Å². The molecular weight excluding hydrogens is 396 g/mol. The molecule has 0 aliphatic carbocycles. The summed E-state index contributed by atoms with van der Waals surface area (Å²) in [5, 5.41) is 0.704. The second kappa shape index (κ2) is 8.86. The molecule has 0 saturated carbocycles. The molecule has 1 aliphatic rings. The van der Waals surface area contributed by atoms with E-state index in [0.717, 1.165) is 5.56 Å². The molecule has 31 heavy (non-hydrogen) atoms. The first-order valence-corrected chi connectivity index (χ1v) is 9.90. The molecular formula is C22H24N6O3. The number of ether oxygens (including phenoxy) is 2. The summed E-state index contributed by atoms with van der Waals surface area (Å²) >= 11 is 0. The highest BCUT2D eigenvalue weighted by Crippen LogP contribution is 2.34. The average molecular weight is 420 g/mol. The van der Waals surface area contributed by atoms with Gasteiger partial charge in [-0.1, -0.05) is 6.07 Å². The van der Waals surface area contributed by atoms with Gasteiger partial charge in [-0.05, 0) is 23.8 Å². The quantitative estimate of drug-likeness (QED) is 0.625. The number of amides is 1. The zero-order valence-electron chi connectivity index (χ0n) is 17.5. The maximum absolute atomic E-state index is 12.5. The van der Waals surface area contributed by atoms with E-state index in [9.17, 15) is 4.79 Å². The summed E-state index contributed by atoms with van der Waals surface area (Å²) < 4.78 is 10.7. The fourth-order valence-electron chi connectivity index (χ4n) is 3.48. The van der Waals surface area contributed by atoms with Crippen LogP contribution in [0.1, 0.15) is 5.56 Å². The number of benzene rings is 1. The summed E-state index contributed by atoms with van der Waals surface area (Å²) in [4.78, 5) is 29.5. The van der Waals surface area contributed by atoms with E-state index in [1.165, 1.54) is 0 Å². The summed E-state index contributed by atoms with van der Waals surface area (Å²) in [6, 6.07) is 7.31. The molecule has 1 fully saturated rings. The van der Waals surface area contributed by atoms with Crippen molar-refractivity contribution in [3.63, 3.8) is 0 Å². The SMILES string of the molecule is COc1cc2nc(N3CCN(C(=O)/C=C/c4cccnc4)CC3)nc(N)c2cc1OC. The Labute approximate surface area is 180 Å². The molecule has 0 atom stereocenters. The third kappa shape index (κ3) is 4.35. The Morgan fingerprint density at radius 2 is 1.84 bits per heavy atom. The topological polar surface area (TPSA) is 107 Å². The van der Waals surface area contributed by atoms with Crippen molar-refractivity contribution < 1.29 is 14.3 Å². The van der Waals surface area contributed by atoms with Gasteiger partial charge in [-0.15, -0.1) is 0 Å². The van der Waals surface area contributed by atoms with Gasteiger partial charge in [-0.2, -0.15) is 4.98 Å². The summed E-state index contributed by atoms with van der Waals surface area (Å²) in [6.45, 7) is 2.38. The molecule has 2 aromatic heterocycles. The van der Waals surface area contributed by atoms with Crippen LogP contribution in [0.15, 0.2) is 42.7 Å². The summed E-state index contributed by atoms with van der Waals surface area (Å²) in [5.41, 5.74) is 7.77. The molecule has 9 heteroatoms. The molecule has 3 aromatic rings. The molecule has 0 radical (unpaired) electrons. The van der Waals surface area contributed by atoms with Gasteiger partial charge in [0.2, 0.25) is 11.9 Å². The molecule has 9 nitrogen and oxygen atoms in total. The van der Waals surface area contributed by atoms with E-state index in [-0.39, 0.29) is 5.91 Å². The number of fused-ring (bicyclic) bond motifs is 1. The van der Waals surface area contributed by atoms with E-state index < -0.39 is 0 Å². The molecule has 0 spiro atoms. The summed E-state index contributed by atoms with van der Waals surface area (Å²) in [7, 11) is 3.15. The van der Waals surface area contributed by atoms with Crippen molar-refractivity contribution in [2.45, 2.75) is 0 Å². The number of pyridine rings is 1. The Morgan fingerprint density at radius 1 is 1.10 bits per heavy atom. The van der Waals surface area contributed by atoms with E-state index in [2.05, 4.69) is 15.0 Å². The maximum Gasteiger partial charge on any atom is 0.246 e. The van der Waals surface area contributed by atoms with Crippen LogP contribution in [0, 0.1) is 0 Å². The Kier molecular flexibility index (Phi) is 5.83. The number of hydrogen-bond donors (Lipinski definition) is 1. The number of carbonyl (C=O) groups excluding carboxylic acids is 1. The summed E-state index contributed by atoms with van der Waals surface area (Å²) in [6.07, 6.45) is 6.77. The number of aromatic nitrogens is 3. The molecule has 0 bridgehead atoms. The highest BCUT2D eigenvalue weighted by molar-refractivity contribution is 5.92. The van der Waals surface area contributed by atoms with Crippen LogP contribution < -0.4 is 20.1 Å². The van der Waals surface area contributed by atoms with Gasteiger partial charge in [0, 0.05) is 56.1 Å². The number of anilines is 2. The average Bonchev–Trinajstić information content (AvgIpc) is 2.82. The lowest BCUT2D eigenvalue weighted by Crippen LogP contribution is -2.48. The Bertz CT molecular complexity index is 1110. The normalized spacial score (nSPS) is 14.3. The van der Waals surface area contributed by atoms with Gasteiger partial charge in [0.15, 0.2) is 11.5 Å². The number of rotatable bonds is 5. The van der Waals surface area contributed by atoms with Gasteiger partial charge in [0.05, 0.1) is 19.7 Å². The van der Waals surface area contributed by atoms with Crippen molar-refractivity contribution in [2.24, 2.45) is 0 Å². The Morgan fingerprint density at radius 3 is 2.52 bits per heavy atom. The van der Waals surface area contributed by atoms with E-state index in [0.29, 0.717) is 60.3 Å². The fraction of sp³-hybridized carbons (Fsp3) is 0.273. The molecule has 4 rings (SSSR count).